The van der Waals surface area contributed by atoms with Gasteiger partial charge < -0.3 is 12.7 Å². The van der Waals surface area contributed by atoms with Crippen molar-refractivity contribution in [2.45, 2.75) is 110 Å². The van der Waals surface area contributed by atoms with Crippen molar-refractivity contribution in [2.24, 2.45) is 0 Å². The lowest BCUT2D eigenvalue weighted by molar-refractivity contribution is 0.108. The van der Waals surface area contributed by atoms with Gasteiger partial charge in [-0.05, 0) is 52.1 Å². The van der Waals surface area contributed by atoms with E-state index < -0.39 is 26.2 Å². The molecule has 0 aliphatic heterocycles. The van der Waals surface area contributed by atoms with E-state index in [4.69, 9.17) is 12.7 Å². The van der Waals surface area contributed by atoms with Gasteiger partial charge in [0.2, 0.25) is 0 Å². The van der Waals surface area contributed by atoms with E-state index >= 15 is 0 Å². The van der Waals surface area contributed by atoms with Crippen molar-refractivity contribution in [1.82, 2.24) is 0 Å². The molecular weight excluding hydrogens is 336 g/mol. The summed E-state index contributed by atoms with van der Waals surface area (Å²) in [4.78, 5) is 0. The minimum absolute atomic E-state index is 0.342. The molecule has 1 saturated carbocycles. The molecule has 0 spiro atoms. The minimum Gasteiger partial charge on any atom is -0.414 e. The molecule has 1 fully saturated rings. The Hall–Kier alpha value is 0.531. The lowest BCUT2D eigenvalue weighted by atomic mass is 10.1. The second-order valence-electron chi connectivity index (χ2n) is 8.82. The lowest BCUT2D eigenvalue weighted by Crippen LogP contribution is -2.46. The van der Waals surface area contributed by atoms with Gasteiger partial charge in [-0.1, -0.05) is 51.4 Å². The number of rotatable bonds is 6. The molecule has 0 unspecified atom stereocenters. The quantitative estimate of drug-likeness (QED) is 0.535. The molecule has 0 aromatic rings. The lowest BCUT2D eigenvalue weighted by Gasteiger charge is -2.31. The summed E-state index contributed by atoms with van der Waals surface area (Å²) in [6.07, 6.45) is 13.6. The Kier molecular flexibility index (Phi) is 9.85. The van der Waals surface area contributed by atoms with E-state index in [2.05, 4.69) is 39.3 Å². The molecule has 0 N–H and O–H groups in total. The summed E-state index contributed by atoms with van der Waals surface area (Å²) in [5.74, 6) is 0. The van der Waals surface area contributed by atoms with E-state index in [1.807, 2.05) is 0 Å². The summed E-state index contributed by atoms with van der Waals surface area (Å²) in [7, 11) is -4.86. The van der Waals surface area contributed by atoms with E-state index in [0.717, 1.165) is 0 Å². The molecule has 1 aliphatic carbocycles. The van der Waals surface area contributed by atoms with E-state index in [1.165, 1.54) is 64.2 Å². The van der Waals surface area contributed by atoms with Gasteiger partial charge in [-0.15, -0.1) is 0 Å². The van der Waals surface area contributed by atoms with E-state index in [1.54, 1.807) is 0 Å². The predicted octanol–water partition coefficient (Wildman–Crippen LogP) is 5.97. The molecule has 0 atom stereocenters. The maximum atomic E-state index is 6.44. The van der Waals surface area contributed by atoms with Crippen molar-refractivity contribution < 1.29 is 12.7 Å². The van der Waals surface area contributed by atoms with Gasteiger partial charge in [-0.2, -0.15) is 0 Å². The summed E-state index contributed by atoms with van der Waals surface area (Å²) in [5.41, 5.74) is 0. The van der Waals surface area contributed by atoms with Gasteiger partial charge in [-0.25, -0.2) is 0 Å². The SMILES string of the molecule is C[Si](C)(C)O[Si](OC1CCCCCCCCCC1)O[Si](C)(C)C. The average Bonchev–Trinajstić information content (AvgIpc) is 2.41. The largest absolute Gasteiger partial charge is 0.555 e. The summed E-state index contributed by atoms with van der Waals surface area (Å²) < 4.78 is 19.0. The van der Waals surface area contributed by atoms with Crippen LogP contribution in [-0.2, 0) is 12.7 Å². The van der Waals surface area contributed by atoms with Gasteiger partial charge in [0.25, 0.3) is 0 Å². The molecular formula is C17H39O3Si3. The van der Waals surface area contributed by atoms with Crippen LogP contribution < -0.4 is 0 Å². The smallest absolute Gasteiger partial charge is 0.414 e. The maximum absolute atomic E-state index is 6.44. The normalized spacial score (nSPS) is 20.5. The molecule has 137 valence electrons. The third kappa shape index (κ3) is 12.5. The van der Waals surface area contributed by atoms with E-state index in [0.29, 0.717) is 6.10 Å². The van der Waals surface area contributed by atoms with Crippen LogP contribution in [0.1, 0.15) is 64.2 Å². The molecule has 0 aromatic carbocycles. The monoisotopic (exact) mass is 375 g/mol. The third-order valence-corrected chi connectivity index (χ3v) is 10.6. The van der Waals surface area contributed by atoms with Gasteiger partial charge in [0.15, 0.2) is 16.6 Å². The van der Waals surface area contributed by atoms with Gasteiger partial charge in [-0.3, -0.25) is 0 Å². The number of hydrogen-bond acceptors (Lipinski definition) is 3. The first-order valence-electron chi connectivity index (χ1n) is 9.57. The Balaban J connectivity index is 2.60. The topological polar surface area (TPSA) is 27.7 Å². The van der Waals surface area contributed by atoms with Crippen molar-refractivity contribution in [3.8, 4) is 0 Å². The highest BCUT2D eigenvalue weighted by molar-refractivity contribution is 6.79. The van der Waals surface area contributed by atoms with Crippen LogP contribution in [0.15, 0.2) is 0 Å². The molecule has 23 heavy (non-hydrogen) atoms. The molecule has 0 saturated heterocycles. The fraction of sp³-hybridized carbons (Fsp3) is 1.00. The Morgan fingerprint density at radius 1 is 0.609 bits per heavy atom. The molecule has 6 heteroatoms. The van der Waals surface area contributed by atoms with Crippen molar-refractivity contribution in [2.75, 3.05) is 0 Å². The predicted molar refractivity (Wildman–Crippen MR) is 106 cm³/mol. The highest BCUT2D eigenvalue weighted by atomic mass is 28.5. The van der Waals surface area contributed by atoms with Crippen LogP contribution in [0.25, 0.3) is 0 Å². The zero-order valence-corrected chi connectivity index (χ0v) is 19.4. The van der Waals surface area contributed by atoms with Crippen LogP contribution in [0.2, 0.25) is 39.3 Å². The molecule has 0 aromatic heterocycles. The number of hydrogen-bond donors (Lipinski definition) is 0. The van der Waals surface area contributed by atoms with Crippen LogP contribution in [0, 0.1) is 0 Å². The van der Waals surface area contributed by atoms with Gasteiger partial charge >= 0.3 is 9.53 Å². The Morgan fingerprint density at radius 2 is 0.957 bits per heavy atom. The second-order valence-corrected chi connectivity index (χ2v) is 19.6. The van der Waals surface area contributed by atoms with Crippen LogP contribution in [0.5, 0.6) is 0 Å². The van der Waals surface area contributed by atoms with Gasteiger partial charge in [0, 0.05) is 6.10 Å². The first-order chi connectivity index (χ1) is 10.7. The summed E-state index contributed by atoms with van der Waals surface area (Å²) >= 11 is 0. The van der Waals surface area contributed by atoms with Crippen LogP contribution in [-0.4, -0.2) is 32.3 Å². The zero-order valence-electron chi connectivity index (χ0n) is 16.4. The first-order valence-corrected chi connectivity index (χ1v) is 17.6. The standard InChI is InChI=1S/C17H39O3Si3/c1-22(2,3)19-21(20-23(4,5)6)18-17-15-13-11-9-7-8-10-12-14-16-17/h17H,7-16H2,1-6H3. The molecule has 1 rings (SSSR count). The Labute approximate surface area is 148 Å². The fourth-order valence-electron chi connectivity index (χ4n) is 2.77. The van der Waals surface area contributed by atoms with Crippen molar-refractivity contribution in [3.05, 3.63) is 0 Å². The van der Waals surface area contributed by atoms with E-state index in [-0.39, 0.29) is 0 Å². The van der Waals surface area contributed by atoms with Gasteiger partial charge in [0.05, 0.1) is 0 Å². The molecule has 0 bridgehead atoms. The fourth-order valence-corrected chi connectivity index (χ4v) is 8.21. The maximum Gasteiger partial charge on any atom is 0.555 e. The minimum atomic E-state index is -1.64. The molecule has 0 heterocycles. The van der Waals surface area contributed by atoms with Crippen molar-refractivity contribution in [1.29, 1.82) is 0 Å². The average molecular weight is 376 g/mol. The second kappa shape index (κ2) is 10.5. The highest BCUT2D eigenvalue weighted by Gasteiger charge is 2.34. The summed E-state index contributed by atoms with van der Waals surface area (Å²) in [6.45, 7) is 13.4. The highest BCUT2D eigenvalue weighted by Crippen LogP contribution is 2.21. The molecule has 0 amide bonds. The van der Waals surface area contributed by atoms with Crippen LogP contribution in [0.4, 0.5) is 0 Å². The van der Waals surface area contributed by atoms with Crippen LogP contribution >= 0.6 is 0 Å². The first kappa shape index (κ1) is 21.6. The molecule has 1 radical (unpaired) electrons. The molecule has 3 nitrogen and oxygen atoms in total. The van der Waals surface area contributed by atoms with Crippen molar-refractivity contribution >= 4 is 26.2 Å². The summed E-state index contributed by atoms with van der Waals surface area (Å²) in [5, 5.41) is 0. The van der Waals surface area contributed by atoms with Crippen LogP contribution in [0.3, 0.4) is 0 Å². The van der Waals surface area contributed by atoms with Crippen molar-refractivity contribution in [3.63, 3.8) is 0 Å². The Bertz CT molecular complexity index is 285. The third-order valence-electron chi connectivity index (χ3n) is 3.84. The summed E-state index contributed by atoms with van der Waals surface area (Å²) in [6, 6.07) is 0. The Morgan fingerprint density at radius 3 is 1.30 bits per heavy atom. The zero-order chi connectivity index (χ0) is 17.3. The van der Waals surface area contributed by atoms with Gasteiger partial charge in [0.1, 0.15) is 0 Å². The van der Waals surface area contributed by atoms with E-state index in [9.17, 15) is 0 Å². The molecule has 1 aliphatic rings.